The third kappa shape index (κ3) is 1.54. The van der Waals surface area contributed by atoms with Gasteiger partial charge in [-0.2, -0.15) is 0 Å². The molecule has 0 radical (unpaired) electrons. The van der Waals surface area contributed by atoms with E-state index in [0.29, 0.717) is 0 Å². The van der Waals surface area contributed by atoms with Gasteiger partial charge in [-0.1, -0.05) is 42.8 Å². The molecule has 1 aliphatic heterocycles. The first-order chi connectivity index (χ1) is 9.17. The molecule has 1 atom stereocenters. The summed E-state index contributed by atoms with van der Waals surface area (Å²) in [5.41, 5.74) is 5.52. The molecule has 0 N–H and O–H groups in total. The highest BCUT2D eigenvalue weighted by Gasteiger charge is 2.39. The third-order valence-corrected chi connectivity index (χ3v) is 4.69. The molecule has 2 aromatic rings. The Balaban J connectivity index is 2.10. The van der Waals surface area contributed by atoms with Crippen LogP contribution in [0.1, 0.15) is 24.5 Å². The lowest BCUT2D eigenvalue weighted by Gasteiger charge is -2.41. The first-order valence-electron chi connectivity index (χ1n) is 6.72. The van der Waals surface area contributed by atoms with E-state index in [-0.39, 0.29) is 5.41 Å². The van der Waals surface area contributed by atoms with Gasteiger partial charge in [0.1, 0.15) is 5.75 Å². The number of rotatable bonds is 0. The normalized spacial score (nSPS) is 23.3. The van der Waals surface area contributed by atoms with Crippen LogP contribution in [0.4, 0.5) is 0 Å². The summed E-state index contributed by atoms with van der Waals surface area (Å²) in [6.07, 6.45) is 2.16. The van der Waals surface area contributed by atoms with E-state index in [9.17, 15) is 0 Å². The quantitative estimate of drug-likeness (QED) is 0.680. The summed E-state index contributed by atoms with van der Waals surface area (Å²) in [4.78, 5) is 0. The number of hydrogen-bond donors (Lipinski definition) is 0. The van der Waals surface area contributed by atoms with Crippen molar-refractivity contribution < 1.29 is 4.74 Å². The molecule has 1 nitrogen and oxygen atoms in total. The van der Waals surface area contributed by atoms with E-state index in [1.54, 1.807) is 0 Å². The average Bonchev–Trinajstić information content (AvgIpc) is 2.37. The summed E-state index contributed by atoms with van der Waals surface area (Å²) in [7, 11) is 0. The fourth-order valence-electron chi connectivity index (χ4n) is 3.58. The van der Waals surface area contributed by atoms with Crippen LogP contribution < -0.4 is 4.74 Å². The van der Waals surface area contributed by atoms with Crippen molar-refractivity contribution in [3.8, 4) is 16.9 Å². The van der Waals surface area contributed by atoms with Crippen LogP contribution in [0.3, 0.4) is 0 Å². The Hall–Kier alpha value is -1.47. The zero-order chi connectivity index (χ0) is 13.0. The van der Waals surface area contributed by atoms with Crippen LogP contribution in [0.2, 0.25) is 5.02 Å². The number of fused-ring (bicyclic) bond motifs is 2. The number of ether oxygens (including phenoxy) is 1. The molecular formula is C17H15ClO. The van der Waals surface area contributed by atoms with Crippen LogP contribution in [0, 0.1) is 0 Å². The molecule has 0 spiro atoms. The topological polar surface area (TPSA) is 9.23 Å². The molecule has 0 saturated heterocycles. The highest BCUT2D eigenvalue weighted by Crippen LogP contribution is 2.51. The second-order valence-corrected chi connectivity index (χ2v) is 6.26. The molecule has 19 heavy (non-hydrogen) atoms. The van der Waals surface area contributed by atoms with Gasteiger partial charge in [0.2, 0.25) is 0 Å². The fourth-order valence-corrected chi connectivity index (χ4v) is 3.78. The lowest BCUT2D eigenvalue weighted by molar-refractivity contribution is 0.222. The Morgan fingerprint density at radius 2 is 2.00 bits per heavy atom. The van der Waals surface area contributed by atoms with Gasteiger partial charge < -0.3 is 4.74 Å². The largest absolute Gasteiger partial charge is 0.493 e. The van der Waals surface area contributed by atoms with Crippen molar-refractivity contribution in [3.63, 3.8) is 0 Å². The molecule has 4 rings (SSSR count). The molecular weight excluding hydrogens is 256 g/mol. The van der Waals surface area contributed by atoms with Crippen molar-refractivity contribution in [2.24, 2.45) is 0 Å². The predicted molar refractivity (Wildman–Crippen MR) is 78.1 cm³/mol. The van der Waals surface area contributed by atoms with Crippen LogP contribution in [-0.4, -0.2) is 6.61 Å². The molecule has 2 aliphatic rings. The molecule has 2 heteroatoms. The number of halogens is 1. The Morgan fingerprint density at radius 3 is 2.89 bits per heavy atom. The minimum atomic E-state index is 0.182. The lowest BCUT2D eigenvalue weighted by Crippen LogP contribution is -2.35. The highest BCUT2D eigenvalue weighted by atomic mass is 35.5. The van der Waals surface area contributed by atoms with E-state index < -0.39 is 0 Å². The Bertz CT molecular complexity index is 677. The zero-order valence-corrected chi connectivity index (χ0v) is 11.6. The first-order valence-corrected chi connectivity index (χ1v) is 7.10. The summed E-state index contributed by atoms with van der Waals surface area (Å²) < 4.78 is 5.85. The van der Waals surface area contributed by atoms with Crippen molar-refractivity contribution in [3.05, 3.63) is 52.5 Å². The molecule has 0 aromatic heterocycles. The van der Waals surface area contributed by atoms with E-state index in [2.05, 4.69) is 37.3 Å². The van der Waals surface area contributed by atoms with Crippen molar-refractivity contribution in [2.45, 2.75) is 25.2 Å². The van der Waals surface area contributed by atoms with Crippen LogP contribution >= 0.6 is 11.6 Å². The lowest BCUT2D eigenvalue weighted by atomic mass is 9.66. The fraction of sp³-hybridized carbons (Fsp3) is 0.294. The van der Waals surface area contributed by atoms with E-state index in [4.69, 9.17) is 16.3 Å². The molecule has 1 aliphatic carbocycles. The Labute approximate surface area is 118 Å². The first kappa shape index (κ1) is 11.4. The molecule has 0 saturated carbocycles. The summed E-state index contributed by atoms with van der Waals surface area (Å²) >= 11 is 6.26. The van der Waals surface area contributed by atoms with Crippen LogP contribution in [0.25, 0.3) is 11.1 Å². The van der Waals surface area contributed by atoms with E-state index in [1.807, 2.05) is 6.07 Å². The zero-order valence-electron chi connectivity index (χ0n) is 10.9. The SMILES string of the molecule is CC12CCOc3cc(Cl)cc(c31)-c1ccccc1C2. The molecule has 2 aromatic carbocycles. The number of benzene rings is 2. The van der Waals surface area contributed by atoms with E-state index in [0.717, 1.165) is 30.2 Å². The Morgan fingerprint density at radius 1 is 1.16 bits per heavy atom. The average molecular weight is 271 g/mol. The van der Waals surface area contributed by atoms with E-state index in [1.165, 1.54) is 22.3 Å². The second kappa shape index (κ2) is 3.77. The standard InChI is InChI=1S/C17H15ClO/c1-17-6-7-19-15-9-12(18)8-14(16(15)17)13-5-3-2-4-11(13)10-17/h2-5,8-9H,6-7,10H2,1H3. The molecule has 0 fully saturated rings. The number of hydrogen-bond acceptors (Lipinski definition) is 1. The smallest absolute Gasteiger partial charge is 0.125 e. The summed E-state index contributed by atoms with van der Waals surface area (Å²) in [6, 6.07) is 12.7. The van der Waals surface area contributed by atoms with Crippen molar-refractivity contribution in [1.82, 2.24) is 0 Å². The van der Waals surface area contributed by atoms with E-state index >= 15 is 0 Å². The maximum Gasteiger partial charge on any atom is 0.125 e. The molecule has 0 bridgehead atoms. The van der Waals surface area contributed by atoms with Crippen LogP contribution in [0.5, 0.6) is 5.75 Å². The molecule has 96 valence electrons. The molecule has 0 amide bonds. The summed E-state index contributed by atoms with van der Waals surface area (Å²) in [6.45, 7) is 3.13. The van der Waals surface area contributed by atoms with Gasteiger partial charge in [0.25, 0.3) is 0 Å². The third-order valence-electron chi connectivity index (χ3n) is 4.47. The van der Waals surface area contributed by atoms with Gasteiger partial charge in [0, 0.05) is 16.0 Å². The van der Waals surface area contributed by atoms with Gasteiger partial charge in [-0.25, -0.2) is 0 Å². The maximum absolute atomic E-state index is 6.26. The van der Waals surface area contributed by atoms with Gasteiger partial charge in [-0.05, 0) is 41.7 Å². The predicted octanol–water partition coefficient (Wildman–Crippen LogP) is 4.60. The minimum Gasteiger partial charge on any atom is -0.493 e. The Kier molecular flexibility index (Phi) is 2.25. The highest BCUT2D eigenvalue weighted by molar-refractivity contribution is 6.31. The van der Waals surface area contributed by atoms with Crippen LogP contribution in [-0.2, 0) is 11.8 Å². The van der Waals surface area contributed by atoms with Gasteiger partial charge in [-0.3, -0.25) is 0 Å². The molecule has 1 unspecified atom stereocenters. The second-order valence-electron chi connectivity index (χ2n) is 5.82. The summed E-state index contributed by atoms with van der Waals surface area (Å²) in [5, 5.41) is 0.759. The van der Waals surface area contributed by atoms with Crippen molar-refractivity contribution in [2.75, 3.05) is 6.61 Å². The van der Waals surface area contributed by atoms with Crippen LogP contribution in [0.15, 0.2) is 36.4 Å². The minimum absolute atomic E-state index is 0.182. The summed E-state index contributed by atoms with van der Waals surface area (Å²) in [5.74, 6) is 0.978. The van der Waals surface area contributed by atoms with Gasteiger partial charge in [-0.15, -0.1) is 0 Å². The van der Waals surface area contributed by atoms with Crippen molar-refractivity contribution in [1.29, 1.82) is 0 Å². The monoisotopic (exact) mass is 270 g/mol. The van der Waals surface area contributed by atoms with Crippen molar-refractivity contribution >= 4 is 11.6 Å². The molecule has 1 heterocycles. The maximum atomic E-state index is 6.26. The van der Waals surface area contributed by atoms with Gasteiger partial charge >= 0.3 is 0 Å². The van der Waals surface area contributed by atoms with Gasteiger partial charge in [0.15, 0.2) is 0 Å². The van der Waals surface area contributed by atoms with Gasteiger partial charge in [0.05, 0.1) is 6.61 Å².